The quantitative estimate of drug-likeness (QED) is 0.447. The van der Waals surface area contributed by atoms with Crippen molar-refractivity contribution in [1.29, 1.82) is 0 Å². The molecule has 2 N–H and O–H groups in total. The average Bonchev–Trinajstić information content (AvgIpc) is 3.52. The molecule has 3 heterocycles. The summed E-state index contributed by atoms with van der Waals surface area (Å²) in [4.78, 5) is 26.3. The van der Waals surface area contributed by atoms with E-state index in [4.69, 9.17) is 13.7 Å². The molecular weight excluding hydrogens is 464 g/mol. The summed E-state index contributed by atoms with van der Waals surface area (Å²) in [6.45, 7) is 1.34. The Morgan fingerprint density at radius 1 is 1.24 bits per heavy atom. The number of aromatic nitrogens is 4. The zero-order chi connectivity index (χ0) is 23.7. The van der Waals surface area contributed by atoms with Gasteiger partial charge in [0.15, 0.2) is 17.0 Å². The van der Waals surface area contributed by atoms with Crippen LogP contribution in [0.2, 0.25) is 0 Å². The van der Waals surface area contributed by atoms with Gasteiger partial charge in [-0.15, -0.1) is 0 Å². The summed E-state index contributed by atoms with van der Waals surface area (Å²) >= 11 is 0. The first-order chi connectivity index (χ1) is 16.4. The summed E-state index contributed by atoms with van der Waals surface area (Å²) in [5.41, 5.74) is 3.20. The minimum atomic E-state index is -4.24. The zero-order valence-corrected chi connectivity index (χ0v) is 19.2. The molecule has 1 fully saturated rings. The molecule has 0 radical (unpaired) electrons. The monoisotopic (exact) mass is 488 g/mol. The molecule has 0 saturated carbocycles. The molecule has 3 aromatic rings. The second-order valence-corrected chi connectivity index (χ2v) is 9.45. The lowest BCUT2D eigenvalue weighted by Gasteiger charge is -2.18. The number of aryl methyl sites for hydroxylation is 1. The number of nitrogens with one attached hydrogen (secondary N) is 2. The van der Waals surface area contributed by atoms with Gasteiger partial charge in [-0.3, -0.25) is 4.79 Å². The van der Waals surface area contributed by atoms with Crippen LogP contribution < -0.4 is 10.1 Å². The van der Waals surface area contributed by atoms with Crippen LogP contribution in [0.5, 0.6) is 0 Å². The fourth-order valence-electron chi connectivity index (χ4n) is 4.32. The number of rotatable bonds is 8. The molecule has 0 bridgehead atoms. The number of hydrogen-bond acceptors (Lipinski definition) is 10. The number of carbonyl (C=O) groups is 1. The van der Waals surface area contributed by atoms with Crippen LogP contribution in [0, 0.1) is 0 Å². The molecule has 34 heavy (non-hydrogen) atoms. The Hall–Kier alpha value is -3.29. The smallest absolute Gasteiger partial charge is 0.373 e. The highest BCUT2D eigenvalue weighted by molar-refractivity contribution is 7.87. The molecule has 12 nitrogen and oxygen atoms in total. The van der Waals surface area contributed by atoms with Crippen LogP contribution in [-0.2, 0) is 35.2 Å². The third-order valence-corrected chi connectivity index (χ3v) is 6.71. The molecule has 13 heteroatoms. The van der Waals surface area contributed by atoms with Crippen LogP contribution >= 0.6 is 0 Å². The minimum Gasteiger partial charge on any atom is -0.460 e. The van der Waals surface area contributed by atoms with E-state index in [9.17, 15) is 13.2 Å². The van der Waals surface area contributed by atoms with Crippen molar-refractivity contribution in [2.24, 2.45) is 0 Å². The van der Waals surface area contributed by atoms with Gasteiger partial charge in [-0.1, -0.05) is 24.3 Å². The number of nitrogens with zero attached hydrogens (tertiary/aromatic N) is 4. The number of benzene rings is 1. The van der Waals surface area contributed by atoms with Crippen molar-refractivity contribution < 1.29 is 26.9 Å². The van der Waals surface area contributed by atoms with Crippen LogP contribution in [0.3, 0.4) is 0 Å². The number of ether oxygens (including phenoxy) is 2. The molecule has 2 aliphatic rings. The van der Waals surface area contributed by atoms with Crippen molar-refractivity contribution in [2.75, 3.05) is 23.4 Å². The van der Waals surface area contributed by atoms with Crippen LogP contribution in [-0.4, -0.2) is 59.4 Å². The van der Waals surface area contributed by atoms with Crippen molar-refractivity contribution in [3.05, 3.63) is 48.0 Å². The summed E-state index contributed by atoms with van der Waals surface area (Å²) in [5, 5.41) is 3.41. The average molecular weight is 489 g/mol. The molecule has 1 aliphatic carbocycles. The van der Waals surface area contributed by atoms with Gasteiger partial charge in [0.2, 0.25) is 0 Å². The molecule has 5 rings (SSSR count). The summed E-state index contributed by atoms with van der Waals surface area (Å²) in [5.74, 6) is 0.0469. The van der Waals surface area contributed by atoms with Gasteiger partial charge in [0.05, 0.1) is 19.3 Å². The zero-order valence-electron chi connectivity index (χ0n) is 18.4. The maximum atomic E-state index is 12.5. The van der Waals surface area contributed by atoms with Crippen molar-refractivity contribution in [1.82, 2.24) is 19.6 Å². The summed E-state index contributed by atoms with van der Waals surface area (Å²) < 4.78 is 41.8. The molecule has 2 aromatic heterocycles. The van der Waals surface area contributed by atoms with Crippen molar-refractivity contribution in [3.8, 4) is 0 Å². The van der Waals surface area contributed by atoms with E-state index in [-0.39, 0.29) is 18.3 Å². The Labute approximate surface area is 195 Å². The Balaban J connectivity index is 1.28. The molecule has 1 aromatic carbocycles. The minimum absolute atomic E-state index is 0.0797. The standard InChI is InChI=1S/C21H24N6O6S/c1-13(28)33-17-8-9-31-18(17)10-32-34(29,30)26-27-12-24-19-20(22-11-23-21(19)27)25-16-7-6-14-4-2-3-5-15(14)16/h2-5,11-12,16-18,26H,6-10H2,1H3,(H,22,23,25)/t16-,17-,18+/m0/s1. The Morgan fingerprint density at radius 2 is 2.09 bits per heavy atom. The van der Waals surface area contributed by atoms with Gasteiger partial charge in [-0.2, -0.15) is 13.2 Å². The molecule has 1 saturated heterocycles. The van der Waals surface area contributed by atoms with Crippen molar-refractivity contribution >= 4 is 33.3 Å². The van der Waals surface area contributed by atoms with E-state index < -0.39 is 28.5 Å². The van der Waals surface area contributed by atoms with E-state index in [1.165, 1.54) is 30.7 Å². The van der Waals surface area contributed by atoms with E-state index in [1.54, 1.807) is 0 Å². The van der Waals surface area contributed by atoms with Gasteiger partial charge in [0.25, 0.3) is 0 Å². The van der Waals surface area contributed by atoms with Gasteiger partial charge in [-0.05, 0) is 24.0 Å². The third-order valence-electron chi connectivity index (χ3n) is 5.84. The first-order valence-corrected chi connectivity index (χ1v) is 12.3. The summed E-state index contributed by atoms with van der Waals surface area (Å²) in [6, 6.07) is 8.30. The van der Waals surface area contributed by atoms with Crippen molar-refractivity contribution in [2.45, 2.75) is 44.4 Å². The number of esters is 1. The molecule has 180 valence electrons. The predicted octanol–water partition coefficient (Wildman–Crippen LogP) is 1.45. The van der Waals surface area contributed by atoms with Crippen LogP contribution in [0.1, 0.15) is 36.9 Å². The number of anilines is 1. The Bertz CT molecular complexity index is 1310. The SMILES string of the molecule is CC(=O)O[C@H]1CCO[C@@H]1COS(=O)(=O)Nn1cnc2c(N[C@H]3CCc4ccccc43)ncnc21. The van der Waals surface area contributed by atoms with Crippen molar-refractivity contribution in [3.63, 3.8) is 0 Å². The van der Waals surface area contributed by atoms with E-state index >= 15 is 0 Å². The van der Waals surface area contributed by atoms with Crippen LogP contribution in [0.25, 0.3) is 11.2 Å². The molecule has 1 aliphatic heterocycles. The van der Waals surface area contributed by atoms with Gasteiger partial charge in [-0.25, -0.2) is 23.8 Å². The Morgan fingerprint density at radius 3 is 2.94 bits per heavy atom. The van der Waals surface area contributed by atoms with Gasteiger partial charge in [0, 0.05) is 13.3 Å². The van der Waals surface area contributed by atoms with Crippen LogP contribution in [0.15, 0.2) is 36.9 Å². The fraction of sp³-hybridized carbons (Fsp3) is 0.429. The first-order valence-electron chi connectivity index (χ1n) is 10.9. The molecule has 0 spiro atoms. The molecule has 0 amide bonds. The van der Waals surface area contributed by atoms with Gasteiger partial charge >= 0.3 is 16.3 Å². The highest BCUT2D eigenvalue weighted by Gasteiger charge is 2.33. The number of imidazole rings is 1. The maximum Gasteiger partial charge on any atom is 0.373 e. The first kappa shape index (κ1) is 22.5. The highest BCUT2D eigenvalue weighted by Crippen LogP contribution is 2.34. The summed E-state index contributed by atoms with van der Waals surface area (Å²) in [7, 11) is -4.24. The lowest BCUT2D eigenvalue weighted by Crippen LogP contribution is -2.34. The predicted molar refractivity (Wildman–Crippen MR) is 121 cm³/mol. The van der Waals surface area contributed by atoms with Crippen LogP contribution in [0.4, 0.5) is 5.82 Å². The number of fused-ring (bicyclic) bond motifs is 2. The van der Waals surface area contributed by atoms with E-state index in [1.807, 2.05) is 12.1 Å². The fourth-order valence-corrected chi connectivity index (χ4v) is 5.06. The Kier molecular flexibility index (Phi) is 6.06. The topological polar surface area (TPSA) is 147 Å². The molecular formula is C21H24N6O6S. The van der Waals surface area contributed by atoms with Gasteiger partial charge < -0.3 is 14.8 Å². The molecule has 3 atom stereocenters. The molecule has 0 unspecified atom stereocenters. The van der Waals surface area contributed by atoms with E-state index in [2.05, 4.69) is 37.2 Å². The maximum absolute atomic E-state index is 12.5. The van der Waals surface area contributed by atoms with Gasteiger partial charge in [0.1, 0.15) is 24.9 Å². The summed E-state index contributed by atoms with van der Waals surface area (Å²) in [6.07, 6.45) is 3.78. The van der Waals surface area contributed by atoms with E-state index in [0.29, 0.717) is 24.4 Å². The highest BCUT2D eigenvalue weighted by atomic mass is 32.2. The largest absolute Gasteiger partial charge is 0.460 e. The number of hydrogen-bond donors (Lipinski definition) is 2. The normalized spacial score (nSPS) is 22.0. The second-order valence-electron chi connectivity index (χ2n) is 8.12. The second kappa shape index (κ2) is 9.16. The number of carbonyl (C=O) groups excluding carboxylic acids is 1. The lowest BCUT2D eigenvalue weighted by molar-refractivity contribution is -0.149. The van der Waals surface area contributed by atoms with E-state index in [0.717, 1.165) is 17.5 Å². The third kappa shape index (κ3) is 4.67. The lowest BCUT2D eigenvalue weighted by atomic mass is 10.1.